The van der Waals surface area contributed by atoms with Gasteiger partial charge in [-0.25, -0.2) is 23.5 Å². The van der Waals surface area contributed by atoms with E-state index in [2.05, 4.69) is 35.0 Å². The molecular formula is C12H20N5O13P3. The van der Waals surface area contributed by atoms with Gasteiger partial charge in [0, 0.05) is 0 Å². The molecule has 0 radical (unpaired) electrons. The van der Waals surface area contributed by atoms with E-state index in [4.69, 9.17) is 26.0 Å². The molecule has 0 saturated carbocycles. The third kappa shape index (κ3) is 6.75. The number of aliphatic hydroxyl groups excluding tert-OH is 1. The number of nitrogens with two attached hydrogens (primary N) is 2. The molecule has 1 fully saturated rings. The molecule has 1 saturated heterocycles. The zero-order valence-electron chi connectivity index (χ0n) is 16.7. The summed E-state index contributed by atoms with van der Waals surface area (Å²) in [7, 11) is -16.9. The van der Waals surface area contributed by atoms with Crippen molar-refractivity contribution in [2.75, 3.05) is 5.73 Å². The number of aliphatic hydroxyl groups is 1. The fourth-order valence-electron chi connectivity index (χ4n) is 2.85. The molecule has 0 aliphatic carbocycles. The van der Waals surface area contributed by atoms with E-state index in [1.165, 1.54) is 6.92 Å². The van der Waals surface area contributed by atoms with Crippen molar-refractivity contribution in [1.29, 1.82) is 0 Å². The van der Waals surface area contributed by atoms with Crippen LogP contribution in [-0.2, 0) is 31.6 Å². The first kappa shape index (κ1) is 27.7. The lowest BCUT2D eigenvalue weighted by molar-refractivity contribution is -0.0757. The number of nitrogen functional groups attached to an aromatic ring is 1. The first-order valence-corrected chi connectivity index (χ1v) is 13.0. The fraction of sp³-hybridized carbons (Fsp3) is 0.583. The van der Waals surface area contributed by atoms with Crippen LogP contribution in [-0.4, -0.2) is 63.1 Å². The quantitative estimate of drug-likeness (QED) is 0.139. The SMILES string of the molecule is CC#CC1(N)C(O)[C@@H](C(C)OP(=O)(O)OP(=O)(O)OP(=O)(O)O)O[C@H]1n1cnc(N)nc1=O. The van der Waals surface area contributed by atoms with E-state index in [-0.39, 0.29) is 5.95 Å². The predicted octanol–water partition coefficient (Wildman–Crippen LogP) is -2.07. The van der Waals surface area contributed by atoms with Gasteiger partial charge >= 0.3 is 29.2 Å². The smallest absolute Gasteiger partial charge is 0.387 e. The average molecular weight is 535 g/mol. The molecule has 1 aromatic heterocycles. The number of phosphoric ester groups is 1. The van der Waals surface area contributed by atoms with Crippen LogP contribution in [0.25, 0.3) is 0 Å². The first-order valence-electron chi connectivity index (χ1n) is 8.50. The van der Waals surface area contributed by atoms with Crippen molar-refractivity contribution in [2.45, 2.75) is 43.9 Å². The van der Waals surface area contributed by atoms with Crippen LogP contribution in [0.3, 0.4) is 0 Å². The number of aromatic nitrogens is 3. The van der Waals surface area contributed by atoms with Gasteiger partial charge < -0.3 is 40.9 Å². The molecular weight excluding hydrogens is 515 g/mol. The van der Waals surface area contributed by atoms with E-state index in [1.54, 1.807) is 0 Å². The Labute approximate surface area is 184 Å². The molecule has 0 spiro atoms. The summed E-state index contributed by atoms with van der Waals surface area (Å²) in [5.74, 6) is 4.55. The lowest BCUT2D eigenvalue weighted by atomic mass is 9.90. The standard InChI is InChI=1S/C12H20N5O13P3/c1-3-4-12(14)8(18)7(27-9(12)17-5-15-10(13)16-11(17)19)6(2)28-32(23,24)30-33(25,26)29-31(20,21)22/h5-9,18H,14H2,1-2H3,(H,23,24)(H,25,26)(H2,13,16,19)(H2,20,21,22)/t6?,7-,8?,9-,12?/m1/s1. The molecule has 9 N–H and O–H groups in total. The van der Waals surface area contributed by atoms with Crippen LogP contribution < -0.4 is 17.2 Å². The maximum atomic E-state index is 12.2. The van der Waals surface area contributed by atoms with Crippen LogP contribution in [0, 0.1) is 11.8 Å². The summed E-state index contributed by atoms with van der Waals surface area (Å²) in [5.41, 5.74) is 8.51. The highest BCUT2D eigenvalue weighted by molar-refractivity contribution is 7.66. The normalized spacial score (nSPS) is 30.0. The molecule has 2 heterocycles. The Morgan fingerprint density at radius 1 is 1.24 bits per heavy atom. The van der Waals surface area contributed by atoms with Crippen LogP contribution in [0.1, 0.15) is 20.1 Å². The Balaban J connectivity index is 2.31. The van der Waals surface area contributed by atoms with E-state index in [0.29, 0.717) is 0 Å². The molecule has 1 aliphatic heterocycles. The molecule has 21 heteroatoms. The number of rotatable bonds is 8. The fourth-order valence-corrected chi connectivity index (χ4v) is 6.05. The van der Waals surface area contributed by atoms with Crippen LogP contribution >= 0.6 is 23.5 Å². The molecule has 0 aromatic carbocycles. The van der Waals surface area contributed by atoms with Crippen molar-refractivity contribution in [3.8, 4) is 11.8 Å². The molecule has 1 aliphatic rings. The van der Waals surface area contributed by atoms with Crippen LogP contribution in [0.4, 0.5) is 5.95 Å². The van der Waals surface area contributed by atoms with Crippen molar-refractivity contribution >= 4 is 29.4 Å². The highest BCUT2D eigenvalue weighted by Gasteiger charge is 2.57. The second kappa shape index (κ2) is 9.61. The highest BCUT2D eigenvalue weighted by atomic mass is 31.3. The molecule has 7 atom stereocenters. The number of hydrogen-bond donors (Lipinski definition) is 7. The lowest BCUT2D eigenvalue weighted by Crippen LogP contribution is -2.55. The Bertz CT molecular complexity index is 1160. The summed E-state index contributed by atoms with van der Waals surface area (Å²) < 4.78 is 52.4. The highest BCUT2D eigenvalue weighted by Crippen LogP contribution is 2.66. The Morgan fingerprint density at radius 3 is 2.36 bits per heavy atom. The van der Waals surface area contributed by atoms with Crippen LogP contribution in [0.2, 0.25) is 0 Å². The third-order valence-electron chi connectivity index (χ3n) is 4.01. The summed E-state index contributed by atoms with van der Waals surface area (Å²) in [4.78, 5) is 55.3. The number of hydrogen-bond acceptors (Lipinski definition) is 13. The monoisotopic (exact) mass is 535 g/mol. The van der Waals surface area contributed by atoms with Crippen molar-refractivity contribution in [2.24, 2.45) is 5.73 Å². The van der Waals surface area contributed by atoms with E-state index in [0.717, 1.165) is 17.8 Å². The lowest BCUT2D eigenvalue weighted by Gasteiger charge is -2.28. The topological polar surface area (TPSA) is 289 Å². The average Bonchev–Trinajstić information content (AvgIpc) is 2.83. The van der Waals surface area contributed by atoms with E-state index in [9.17, 15) is 33.4 Å². The number of ether oxygens (including phenoxy) is 1. The summed E-state index contributed by atoms with van der Waals surface area (Å²) >= 11 is 0. The van der Waals surface area contributed by atoms with Gasteiger partial charge in [0.05, 0.1) is 6.10 Å². The summed E-state index contributed by atoms with van der Waals surface area (Å²) in [5, 5.41) is 10.7. The van der Waals surface area contributed by atoms with Gasteiger partial charge in [-0.05, 0) is 13.8 Å². The molecule has 18 nitrogen and oxygen atoms in total. The van der Waals surface area contributed by atoms with Crippen molar-refractivity contribution < 1.29 is 56.3 Å². The van der Waals surface area contributed by atoms with E-state index in [1.807, 2.05) is 0 Å². The van der Waals surface area contributed by atoms with Crippen LogP contribution in [0.5, 0.6) is 0 Å². The summed E-state index contributed by atoms with van der Waals surface area (Å²) in [6, 6.07) is 0. The van der Waals surface area contributed by atoms with Crippen molar-refractivity contribution in [3.63, 3.8) is 0 Å². The third-order valence-corrected chi connectivity index (χ3v) is 7.94. The summed E-state index contributed by atoms with van der Waals surface area (Å²) in [6.45, 7) is 2.42. The minimum Gasteiger partial charge on any atom is -0.387 e. The molecule has 33 heavy (non-hydrogen) atoms. The second-order valence-corrected chi connectivity index (χ2v) is 10.9. The zero-order valence-corrected chi connectivity index (χ0v) is 19.4. The van der Waals surface area contributed by atoms with E-state index < -0.39 is 59.2 Å². The van der Waals surface area contributed by atoms with Gasteiger partial charge in [-0.15, -0.1) is 5.92 Å². The van der Waals surface area contributed by atoms with Gasteiger partial charge in [-0.3, -0.25) is 9.09 Å². The number of nitrogens with zero attached hydrogens (tertiary/aromatic N) is 3. The summed E-state index contributed by atoms with van der Waals surface area (Å²) in [6.07, 6.45) is -5.68. The maximum absolute atomic E-state index is 12.2. The largest absolute Gasteiger partial charge is 0.490 e. The van der Waals surface area contributed by atoms with Crippen molar-refractivity contribution in [3.05, 3.63) is 16.8 Å². The van der Waals surface area contributed by atoms with Crippen LogP contribution in [0.15, 0.2) is 11.1 Å². The molecule has 1 aromatic rings. The molecule has 0 bridgehead atoms. The molecule has 186 valence electrons. The van der Waals surface area contributed by atoms with Gasteiger partial charge in [-0.1, -0.05) is 5.92 Å². The van der Waals surface area contributed by atoms with Gasteiger partial charge in [0.2, 0.25) is 5.95 Å². The zero-order chi connectivity index (χ0) is 25.4. The van der Waals surface area contributed by atoms with Gasteiger partial charge in [0.25, 0.3) is 0 Å². The molecule has 2 rings (SSSR count). The second-order valence-electron chi connectivity index (χ2n) is 6.51. The number of phosphoric acid groups is 3. The Kier molecular flexibility index (Phi) is 8.06. The molecule has 0 amide bonds. The van der Waals surface area contributed by atoms with Gasteiger partial charge in [0.1, 0.15) is 18.5 Å². The van der Waals surface area contributed by atoms with Crippen molar-refractivity contribution in [1.82, 2.24) is 14.5 Å². The maximum Gasteiger partial charge on any atom is 0.490 e. The first-order chi connectivity index (χ1) is 14.9. The van der Waals surface area contributed by atoms with Gasteiger partial charge in [-0.2, -0.15) is 13.6 Å². The van der Waals surface area contributed by atoms with E-state index >= 15 is 0 Å². The minimum atomic E-state index is -5.77. The Morgan fingerprint density at radius 2 is 1.85 bits per heavy atom. The Hall–Kier alpha value is -1.54. The predicted molar refractivity (Wildman–Crippen MR) is 105 cm³/mol. The molecule has 5 unspecified atom stereocenters. The number of anilines is 1. The minimum absolute atomic E-state index is 0.364. The van der Waals surface area contributed by atoms with Gasteiger partial charge in [0.15, 0.2) is 11.8 Å².